The molecule has 3 rings (SSSR count). The molecule has 0 radical (unpaired) electrons. The van der Waals surface area contributed by atoms with Gasteiger partial charge in [-0.25, -0.2) is 13.1 Å². The summed E-state index contributed by atoms with van der Waals surface area (Å²) in [5.41, 5.74) is 2.49. The number of nitrogens with one attached hydrogen (secondary N) is 1. The molecule has 1 aromatic carbocycles. The highest BCUT2D eigenvalue weighted by molar-refractivity contribution is 7.88. The van der Waals surface area contributed by atoms with Gasteiger partial charge in [0, 0.05) is 30.6 Å². The van der Waals surface area contributed by atoms with Crippen molar-refractivity contribution in [3.05, 3.63) is 46.7 Å². The molecule has 1 fully saturated rings. The fourth-order valence-electron chi connectivity index (χ4n) is 2.84. The summed E-state index contributed by atoms with van der Waals surface area (Å²) in [5, 5.41) is 2.19. The van der Waals surface area contributed by atoms with E-state index in [-0.39, 0.29) is 6.04 Å². The van der Waals surface area contributed by atoms with E-state index in [9.17, 15) is 8.42 Å². The average molecular weight is 336 g/mol. The highest BCUT2D eigenvalue weighted by Gasteiger charge is 2.24. The van der Waals surface area contributed by atoms with E-state index < -0.39 is 10.0 Å². The summed E-state index contributed by atoms with van der Waals surface area (Å²) < 4.78 is 25.3. The maximum atomic E-state index is 11.3. The van der Waals surface area contributed by atoms with Gasteiger partial charge in [-0.3, -0.25) is 4.90 Å². The molecule has 1 aliphatic rings. The van der Waals surface area contributed by atoms with Crippen LogP contribution >= 0.6 is 11.3 Å². The summed E-state index contributed by atoms with van der Waals surface area (Å²) in [5.74, 6) is 0. The lowest BCUT2D eigenvalue weighted by Crippen LogP contribution is -2.36. The Bertz CT molecular complexity index is 726. The number of rotatable bonds is 5. The Morgan fingerprint density at radius 3 is 2.77 bits per heavy atom. The van der Waals surface area contributed by atoms with E-state index in [1.165, 1.54) is 22.3 Å². The molecule has 1 aromatic heterocycles. The SMILES string of the molecule is CS(=O)(=O)N[C@H]1CCN(Cc2cc(-c3ccccc3)cs2)C1. The van der Waals surface area contributed by atoms with Crippen molar-refractivity contribution in [3.8, 4) is 11.1 Å². The second-order valence-corrected chi connectivity index (χ2v) is 8.55. The lowest BCUT2D eigenvalue weighted by molar-refractivity contribution is 0.327. The molecule has 0 saturated carbocycles. The van der Waals surface area contributed by atoms with Gasteiger partial charge in [-0.05, 0) is 29.0 Å². The third-order valence-electron chi connectivity index (χ3n) is 3.79. The third-order valence-corrected chi connectivity index (χ3v) is 5.48. The number of likely N-dealkylation sites (tertiary alicyclic amines) is 1. The first-order valence-corrected chi connectivity index (χ1v) is 10.1. The van der Waals surface area contributed by atoms with Gasteiger partial charge in [0.05, 0.1) is 6.26 Å². The van der Waals surface area contributed by atoms with Crippen LogP contribution in [0.5, 0.6) is 0 Å². The number of hydrogen-bond donors (Lipinski definition) is 1. The topological polar surface area (TPSA) is 49.4 Å². The van der Waals surface area contributed by atoms with Gasteiger partial charge in [0.2, 0.25) is 10.0 Å². The van der Waals surface area contributed by atoms with Crippen LogP contribution in [0.15, 0.2) is 41.8 Å². The number of thiophene rings is 1. The Hall–Kier alpha value is -1.21. The van der Waals surface area contributed by atoms with Gasteiger partial charge in [0.1, 0.15) is 0 Å². The van der Waals surface area contributed by atoms with Crippen LogP contribution in [0.1, 0.15) is 11.3 Å². The lowest BCUT2D eigenvalue weighted by atomic mass is 10.1. The zero-order chi connectivity index (χ0) is 15.6. The van der Waals surface area contributed by atoms with Crippen LogP contribution in [0.3, 0.4) is 0 Å². The third kappa shape index (κ3) is 4.16. The Morgan fingerprint density at radius 1 is 1.27 bits per heavy atom. The molecule has 1 N–H and O–H groups in total. The molecule has 1 aliphatic heterocycles. The normalized spacial score (nSPS) is 19.6. The highest BCUT2D eigenvalue weighted by Crippen LogP contribution is 2.27. The van der Waals surface area contributed by atoms with Crippen LogP contribution in [-0.2, 0) is 16.6 Å². The molecule has 0 bridgehead atoms. The average Bonchev–Trinajstić information content (AvgIpc) is 3.08. The molecular formula is C16H20N2O2S2. The minimum absolute atomic E-state index is 0.0450. The predicted molar refractivity (Wildman–Crippen MR) is 91.4 cm³/mol. The first kappa shape index (κ1) is 15.7. The Balaban J connectivity index is 1.60. The van der Waals surface area contributed by atoms with Crippen molar-refractivity contribution in [2.75, 3.05) is 19.3 Å². The van der Waals surface area contributed by atoms with Gasteiger partial charge in [-0.15, -0.1) is 11.3 Å². The second kappa shape index (κ2) is 6.50. The zero-order valence-electron chi connectivity index (χ0n) is 12.5. The largest absolute Gasteiger partial charge is 0.297 e. The minimum atomic E-state index is -3.11. The van der Waals surface area contributed by atoms with E-state index >= 15 is 0 Å². The molecule has 0 spiro atoms. The predicted octanol–water partition coefficient (Wildman–Crippen LogP) is 2.54. The monoisotopic (exact) mass is 336 g/mol. The molecule has 1 atom stereocenters. The summed E-state index contributed by atoms with van der Waals surface area (Å²) in [6, 6.07) is 12.6. The lowest BCUT2D eigenvalue weighted by Gasteiger charge is -2.15. The number of benzene rings is 1. The summed E-state index contributed by atoms with van der Waals surface area (Å²) in [6.45, 7) is 2.61. The molecule has 1 saturated heterocycles. The van der Waals surface area contributed by atoms with E-state index in [0.29, 0.717) is 0 Å². The van der Waals surface area contributed by atoms with Crippen molar-refractivity contribution < 1.29 is 8.42 Å². The minimum Gasteiger partial charge on any atom is -0.297 e. The van der Waals surface area contributed by atoms with Gasteiger partial charge >= 0.3 is 0 Å². The Labute approximate surface area is 135 Å². The van der Waals surface area contributed by atoms with Crippen LogP contribution in [0.25, 0.3) is 11.1 Å². The zero-order valence-corrected chi connectivity index (χ0v) is 14.2. The van der Waals surface area contributed by atoms with Gasteiger partial charge in [-0.2, -0.15) is 0 Å². The quantitative estimate of drug-likeness (QED) is 0.913. The molecule has 2 aromatic rings. The van der Waals surface area contributed by atoms with Crippen molar-refractivity contribution in [3.63, 3.8) is 0 Å². The molecule has 0 unspecified atom stereocenters. The maximum absolute atomic E-state index is 11.3. The van der Waals surface area contributed by atoms with Gasteiger partial charge in [0.15, 0.2) is 0 Å². The van der Waals surface area contributed by atoms with Crippen molar-refractivity contribution in [2.45, 2.75) is 19.0 Å². The Morgan fingerprint density at radius 2 is 2.05 bits per heavy atom. The Kier molecular flexibility index (Phi) is 4.63. The molecule has 4 nitrogen and oxygen atoms in total. The fourth-order valence-corrected chi connectivity index (χ4v) is 4.57. The van der Waals surface area contributed by atoms with E-state index in [4.69, 9.17) is 0 Å². The summed E-state index contributed by atoms with van der Waals surface area (Å²) in [7, 11) is -3.11. The van der Waals surface area contributed by atoms with E-state index in [1.54, 1.807) is 11.3 Å². The molecule has 0 amide bonds. The molecule has 118 valence electrons. The van der Waals surface area contributed by atoms with E-state index in [1.807, 2.05) is 6.07 Å². The standard InChI is InChI=1S/C16H20N2O2S2/c1-22(19,20)17-15-7-8-18(10-15)11-16-9-14(12-21-16)13-5-3-2-4-6-13/h2-6,9,12,15,17H,7-8,10-11H2,1H3/t15-/m0/s1. The van der Waals surface area contributed by atoms with Crippen LogP contribution in [0, 0.1) is 0 Å². The first-order chi connectivity index (χ1) is 10.5. The number of hydrogen-bond acceptors (Lipinski definition) is 4. The number of nitrogens with zero attached hydrogens (tertiary/aromatic N) is 1. The van der Waals surface area contributed by atoms with E-state index in [2.05, 4.69) is 45.3 Å². The van der Waals surface area contributed by atoms with Crippen LogP contribution in [0.4, 0.5) is 0 Å². The van der Waals surface area contributed by atoms with Crippen molar-refractivity contribution in [1.29, 1.82) is 0 Å². The molecule has 22 heavy (non-hydrogen) atoms. The van der Waals surface area contributed by atoms with Crippen molar-refractivity contribution >= 4 is 21.4 Å². The fraction of sp³-hybridized carbons (Fsp3) is 0.375. The van der Waals surface area contributed by atoms with Crippen molar-refractivity contribution in [2.24, 2.45) is 0 Å². The second-order valence-electron chi connectivity index (χ2n) is 5.78. The first-order valence-electron chi connectivity index (χ1n) is 7.32. The maximum Gasteiger partial charge on any atom is 0.208 e. The van der Waals surface area contributed by atoms with Crippen LogP contribution in [-0.4, -0.2) is 38.7 Å². The molecule has 2 heterocycles. The smallest absolute Gasteiger partial charge is 0.208 e. The van der Waals surface area contributed by atoms with E-state index in [0.717, 1.165) is 26.1 Å². The van der Waals surface area contributed by atoms with Gasteiger partial charge in [-0.1, -0.05) is 30.3 Å². The van der Waals surface area contributed by atoms with Gasteiger partial charge < -0.3 is 0 Å². The summed E-state index contributed by atoms with van der Waals surface area (Å²) in [4.78, 5) is 3.63. The molecule has 6 heteroatoms. The number of sulfonamides is 1. The van der Waals surface area contributed by atoms with Crippen molar-refractivity contribution in [1.82, 2.24) is 9.62 Å². The van der Waals surface area contributed by atoms with Crippen LogP contribution in [0.2, 0.25) is 0 Å². The van der Waals surface area contributed by atoms with Crippen LogP contribution < -0.4 is 4.72 Å². The summed E-state index contributed by atoms with van der Waals surface area (Å²) in [6.07, 6.45) is 2.10. The van der Waals surface area contributed by atoms with Gasteiger partial charge in [0.25, 0.3) is 0 Å². The summed E-state index contributed by atoms with van der Waals surface area (Å²) >= 11 is 1.77. The molecule has 0 aliphatic carbocycles. The highest BCUT2D eigenvalue weighted by atomic mass is 32.2. The molecular weight excluding hydrogens is 316 g/mol.